The maximum absolute atomic E-state index is 11.6. The lowest BCUT2D eigenvalue weighted by molar-refractivity contribution is 0.405. The van der Waals surface area contributed by atoms with Crippen molar-refractivity contribution >= 4 is 21.6 Å². The predicted molar refractivity (Wildman–Crippen MR) is 61.7 cm³/mol. The zero-order valence-corrected chi connectivity index (χ0v) is 10.4. The number of nitrogens with one attached hydrogen (secondary N) is 2. The summed E-state index contributed by atoms with van der Waals surface area (Å²) >= 11 is 5.46. The lowest BCUT2D eigenvalue weighted by Gasteiger charge is -2.02. The van der Waals surface area contributed by atoms with Gasteiger partial charge in [-0.15, -0.1) is 0 Å². The molecule has 7 heteroatoms. The minimum absolute atomic E-state index is 0.0219. The lowest BCUT2D eigenvalue weighted by atomic mass is 10.4. The number of hydrogen-bond donors (Lipinski definition) is 2. The van der Waals surface area contributed by atoms with Crippen molar-refractivity contribution in [1.82, 2.24) is 10.0 Å². The van der Waals surface area contributed by atoms with E-state index in [1.807, 2.05) is 0 Å². The van der Waals surface area contributed by atoms with Crippen molar-refractivity contribution in [2.75, 3.05) is 13.6 Å². The molecule has 0 fully saturated rings. The molecule has 0 saturated carbocycles. The Morgan fingerprint density at radius 2 is 2.25 bits per heavy atom. The van der Waals surface area contributed by atoms with Gasteiger partial charge in [-0.1, -0.05) is 18.2 Å². The first kappa shape index (κ1) is 13.2. The predicted octanol–water partition coefficient (Wildman–Crippen LogP) is 1.03. The van der Waals surface area contributed by atoms with Crippen LogP contribution in [0.2, 0.25) is 0 Å². The van der Waals surface area contributed by atoms with E-state index < -0.39 is 10.0 Å². The first-order valence-electron chi connectivity index (χ1n) is 4.52. The molecule has 1 heterocycles. The van der Waals surface area contributed by atoms with Gasteiger partial charge in [0.15, 0.2) is 0 Å². The fraction of sp³-hybridized carbons (Fsp3) is 0.333. The van der Waals surface area contributed by atoms with Gasteiger partial charge in [0.1, 0.15) is 5.76 Å². The van der Waals surface area contributed by atoms with E-state index in [4.69, 9.17) is 16.0 Å². The molecule has 2 N–H and O–H groups in total. The number of furan rings is 1. The van der Waals surface area contributed by atoms with Crippen LogP contribution >= 0.6 is 11.6 Å². The molecule has 0 aromatic carbocycles. The van der Waals surface area contributed by atoms with E-state index in [9.17, 15) is 8.42 Å². The van der Waals surface area contributed by atoms with E-state index in [1.165, 1.54) is 6.07 Å². The van der Waals surface area contributed by atoms with Crippen molar-refractivity contribution in [1.29, 1.82) is 0 Å². The minimum Gasteiger partial charge on any atom is -0.447 e. The van der Waals surface area contributed by atoms with E-state index in [0.717, 1.165) is 0 Å². The molecule has 0 radical (unpaired) electrons. The number of rotatable bonds is 6. The third-order valence-electron chi connectivity index (χ3n) is 1.71. The molecule has 90 valence electrons. The molecular formula is C9H13ClN2O3S. The van der Waals surface area contributed by atoms with Crippen LogP contribution in [0.3, 0.4) is 0 Å². The molecule has 0 unspecified atom stereocenters. The molecule has 1 aromatic rings. The third-order valence-corrected chi connectivity index (χ3v) is 3.11. The van der Waals surface area contributed by atoms with Crippen molar-refractivity contribution in [2.24, 2.45) is 0 Å². The summed E-state index contributed by atoms with van der Waals surface area (Å²) in [6, 6.07) is 2.99. The summed E-state index contributed by atoms with van der Waals surface area (Å²) in [5.41, 5.74) is 0. The van der Waals surface area contributed by atoms with Gasteiger partial charge in [0.2, 0.25) is 5.09 Å². The molecule has 0 amide bonds. The summed E-state index contributed by atoms with van der Waals surface area (Å²) in [7, 11) is -1.90. The summed E-state index contributed by atoms with van der Waals surface area (Å²) in [5.74, 6) is 0.549. The SMILES string of the molecule is C=C(Cl)CNS(=O)(=O)c1ccc(CNC)o1. The Hall–Kier alpha value is -0.820. The van der Waals surface area contributed by atoms with Crippen molar-refractivity contribution in [2.45, 2.75) is 11.6 Å². The van der Waals surface area contributed by atoms with Crippen molar-refractivity contribution in [3.8, 4) is 0 Å². The standard InChI is InChI=1S/C9H13ClN2O3S/c1-7(10)5-12-16(13,14)9-4-3-8(15-9)6-11-2/h3-4,11-12H,1,5-6H2,2H3. The molecule has 5 nitrogen and oxygen atoms in total. The van der Waals surface area contributed by atoms with E-state index in [0.29, 0.717) is 12.3 Å². The van der Waals surface area contributed by atoms with Gasteiger partial charge in [-0.25, -0.2) is 13.1 Å². The highest BCUT2D eigenvalue weighted by Crippen LogP contribution is 2.13. The molecule has 0 aliphatic rings. The maximum atomic E-state index is 11.6. The summed E-state index contributed by atoms with van der Waals surface area (Å²) in [6.07, 6.45) is 0. The molecule has 1 aromatic heterocycles. The van der Waals surface area contributed by atoms with Crippen molar-refractivity contribution in [3.05, 3.63) is 29.5 Å². The van der Waals surface area contributed by atoms with E-state index in [2.05, 4.69) is 16.6 Å². The first-order valence-corrected chi connectivity index (χ1v) is 6.38. The summed E-state index contributed by atoms with van der Waals surface area (Å²) in [4.78, 5) is 0. The molecule has 0 aliphatic heterocycles. The zero-order chi connectivity index (χ0) is 12.2. The molecule has 0 aliphatic carbocycles. The Labute approximate surface area is 99.5 Å². The molecule has 1 rings (SSSR count). The van der Waals surface area contributed by atoms with Gasteiger partial charge in [-0.3, -0.25) is 0 Å². The largest absolute Gasteiger partial charge is 0.447 e. The zero-order valence-electron chi connectivity index (χ0n) is 8.79. The van der Waals surface area contributed by atoms with E-state index in [-0.39, 0.29) is 16.7 Å². The van der Waals surface area contributed by atoms with E-state index >= 15 is 0 Å². The monoisotopic (exact) mass is 264 g/mol. The summed E-state index contributed by atoms with van der Waals surface area (Å²) in [5, 5.41) is 2.94. The molecule has 0 bridgehead atoms. The van der Waals surface area contributed by atoms with Crippen LogP contribution in [0.5, 0.6) is 0 Å². The summed E-state index contributed by atoms with van der Waals surface area (Å²) < 4.78 is 30.7. The topological polar surface area (TPSA) is 71.3 Å². The molecule has 0 spiro atoms. The number of halogens is 1. The minimum atomic E-state index is -3.64. The van der Waals surface area contributed by atoms with Gasteiger partial charge in [-0.05, 0) is 19.2 Å². The highest BCUT2D eigenvalue weighted by Gasteiger charge is 2.18. The molecular weight excluding hydrogens is 252 g/mol. The number of sulfonamides is 1. The van der Waals surface area contributed by atoms with Crippen LogP contribution in [-0.2, 0) is 16.6 Å². The van der Waals surface area contributed by atoms with Crippen LogP contribution in [0.15, 0.2) is 33.3 Å². The second-order valence-corrected chi connectivity index (χ2v) is 5.33. The van der Waals surface area contributed by atoms with E-state index in [1.54, 1.807) is 13.1 Å². The fourth-order valence-electron chi connectivity index (χ4n) is 1.02. The molecule has 0 atom stereocenters. The van der Waals surface area contributed by atoms with Crippen LogP contribution < -0.4 is 10.0 Å². The van der Waals surface area contributed by atoms with Crippen LogP contribution in [0, 0.1) is 0 Å². The van der Waals surface area contributed by atoms with Gasteiger partial charge in [0, 0.05) is 11.6 Å². The Morgan fingerprint density at radius 3 is 2.81 bits per heavy atom. The van der Waals surface area contributed by atoms with Crippen molar-refractivity contribution in [3.63, 3.8) is 0 Å². The van der Waals surface area contributed by atoms with Gasteiger partial charge in [-0.2, -0.15) is 0 Å². The van der Waals surface area contributed by atoms with Crippen LogP contribution in [-0.4, -0.2) is 22.0 Å². The Bertz CT molecular complexity index is 467. The Balaban J connectivity index is 2.77. The first-order chi connectivity index (χ1) is 7.45. The second kappa shape index (κ2) is 5.49. The smallest absolute Gasteiger partial charge is 0.274 e. The maximum Gasteiger partial charge on any atom is 0.274 e. The quantitative estimate of drug-likeness (QED) is 0.805. The Kier molecular flexibility index (Phi) is 4.55. The highest BCUT2D eigenvalue weighted by molar-refractivity contribution is 7.89. The molecule has 0 saturated heterocycles. The Morgan fingerprint density at radius 1 is 1.56 bits per heavy atom. The average Bonchev–Trinajstić information content (AvgIpc) is 2.65. The highest BCUT2D eigenvalue weighted by atomic mass is 35.5. The average molecular weight is 265 g/mol. The van der Waals surface area contributed by atoms with Crippen molar-refractivity contribution < 1.29 is 12.8 Å². The fourth-order valence-corrected chi connectivity index (χ4v) is 2.13. The molecule has 16 heavy (non-hydrogen) atoms. The second-order valence-electron chi connectivity index (χ2n) is 3.09. The van der Waals surface area contributed by atoms with Gasteiger partial charge < -0.3 is 9.73 Å². The van der Waals surface area contributed by atoms with Gasteiger partial charge >= 0.3 is 0 Å². The normalized spacial score (nSPS) is 11.6. The summed E-state index contributed by atoms with van der Waals surface area (Å²) in [6.45, 7) is 3.83. The number of hydrogen-bond acceptors (Lipinski definition) is 4. The van der Waals surface area contributed by atoms with Crippen LogP contribution in [0.25, 0.3) is 0 Å². The van der Waals surface area contributed by atoms with Crippen LogP contribution in [0.4, 0.5) is 0 Å². The van der Waals surface area contributed by atoms with Gasteiger partial charge in [0.25, 0.3) is 10.0 Å². The third kappa shape index (κ3) is 3.64. The lowest BCUT2D eigenvalue weighted by Crippen LogP contribution is -2.24. The van der Waals surface area contributed by atoms with Crippen LogP contribution in [0.1, 0.15) is 5.76 Å². The van der Waals surface area contributed by atoms with Gasteiger partial charge in [0.05, 0.1) is 6.54 Å².